The maximum atomic E-state index is 12.4. The van der Waals surface area contributed by atoms with Gasteiger partial charge in [0.1, 0.15) is 5.75 Å². The SMILES string of the molecule is COc1ccccc1-c1cc2nc(C)c(CCC(=O)NCCCN3CCCC3=O)c(C)n2n1. The number of benzene rings is 1. The van der Waals surface area contributed by atoms with Crippen LogP contribution < -0.4 is 10.1 Å². The Bertz CT molecular complexity index is 1170. The average molecular weight is 450 g/mol. The van der Waals surface area contributed by atoms with E-state index in [2.05, 4.69) is 5.32 Å². The fourth-order valence-corrected chi connectivity index (χ4v) is 4.44. The van der Waals surface area contributed by atoms with Crippen molar-refractivity contribution in [3.05, 3.63) is 47.3 Å². The van der Waals surface area contributed by atoms with Crippen LogP contribution in [-0.2, 0) is 16.0 Å². The lowest BCUT2D eigenvalue weighted by Crippen LogP contribution is -2.30. The molecule has 1 aliphatic heterocycles. The van der Waals surface area contributed by atoms with Crippen molar-refractivity contribution >= 4 is 17.5 Å². The molecule has 1 aromatic carbocycles. The monoisotopic (exact) mass is 449 g/mol. The number of para-hydroxylation sites is 1. The van der Waals surface area contributed by atoms with Crippen LogP contribution in [0.1, 0.15) is 42.6 Å². The molecule has 3 aromatic rings. The van der Waals surface area contributed by atoms with E-state index in [9.17, 15) is 9.59 Å². The lowest BCUT2D eigenvalue weighted by Gasteiger charge is -2.15. The quantitative estimate of drug-likeness (QED) is 0.507. The molecule has 0 radical (unpaired) electrons. The minimum atomic E-state index is 0.0109. The van der Waals surface area contributed by atoms with Gasteiger partial charge < -0.3 is 15.0 Å². The molecule has 4 rings (SSSR count). The van der Waals surface area contributed by atoms with Gasteiger partial charge in [0.2, 0.25) is 11.8 Å². The number of hydrogen-bond donors (Lipinski definition) is 1. The number of ether oxygens (including phenoxy) is 1. The summed E-state index contributed by atoms with van der Waals surface area (Å²) in [6.07, 6.45) is 3.36. The third kappa shape index (κ3) is 4.99. The molecular weight excluding hydrogens is 418 g/mol. The maximum absolute atomic E-state index is 12.4. The first-order chi connectivity index (χ1) is 16.0. The summed E-state index contributed by atoms with van der Waals surface area (Å²) in [6.45, 7) is 6.13. The fraction of sp³-hybridized carbons (Fsp3) is 0.440. The first-order valence-corrected chi connectivity index (χ1v) is 11.5. The zero-order chi connectivity index (χ0) is 23.4. The van der Waals surface area contributed by atoms with Gasteiger partial charge in [-0.25, -0.2) is 9.50 Å². The molecule has 0 aliphatic carbocycles. The molecule has 1 N–H and O–H groups in total. The highest BCUT2D eigenvalue weighted by molar-refractivity contribution is 5.78. The molecule has 3 heterocycles. The molecule has 1 aliphatic rings. The van der Waals surface area contributed by atoms with Crippen molar-refractivity contribution in [2.24, 2.45) is 0 Å². The van der Waals surface area contributed by atoms with Crippen molar-refractivity contribution in [1.82, 2.24) is 24.8 Å². The van der Waals surface area contributed by atoms with E-state index in [4.69, 9.17) is 14.8 Å². The Balaban J connectivity index is 1.39. The van der Waals surface area contributed by atoms with Crippen molar-refractivity contribution in [3.8, 4) is 17.0 Å². The van der Waals surface area contributed by atoms with Crippen molar-refractivity contribution in [2.75, 3.05) is 26.7 Å². The molecule has 1 saturated heterocycles. The largest absolute Gasteiger partial charge is 0.496 e. The van der Waals surface area contributed by atoms with E-state index in [0.29, 0.717) is 32.4 Å². The number of carbonyl (C=O) groups excluding carboxylic acids is 2. The number of aromatic nitrogens is 3. The maximum Gasteiger partial charge on any atom is 0.222 e. The van der Waals surface area contributed by atoms with E-state index in [1.54, 1.807) is 7.11 Å². The molecule has 174 valence electrons. The van der Waals surface area contributed by atoms with Crippen LogP contribution in [0.5, 0.6) is 5.75 Å². The summed E-state index contributed by atoms with van der Waals surface area (Å²) in [4.78, 5) is 30.6. The highest BCUT2D eigenvalue weighted by Gasteiger charge is 2.19. The van der Waals surface area contributed by atoms with Crippen molar-refractivity contribution < 1.29 is 14.3 Å². The Morgan fingerprint density at radius 3 is 2.82 bits per heavy atom. The lowest BCUT2D eigenvalue weighted by atomic mass is 10.1. The summed E-state index contributed by atoms with van der Waals surface area (Å²) in [7, 11) is 1.65. The third-order valence-electron chi connectivity index (χ3n) is 6.25. The molecule has 33 heavy (non-hydrogen) atoms. The third-order valence-corrected chi connectivity index (χ3v) is 6.25. The second-order valence-electron chi connectivity index (χ2n) is 8.45. The number of amides is 2. The number of methoxy groups -OCH3 is 1. The minimum Gasteiger partial charge on any atom is -0.496 e. The van der Waals surface area contributed by atoms with Crippen LogP contribution in [0.4, 0.5) is 0 Å². The number of nitrogens with one attached hydrogen (secondary N) is 1. The first-order valence-electron chi connectivity index (χ1n) is 11.5. The molecule has 2 aromatic heterocycles. The smallest absolute Gasteiger partial charge is 0.222 e. The second kappa shape index (κ2) is 10.0. The normalized spacial score (nSPS) is 13.7. The number of hydrogen-bond acceptors (Lipinski definition) is 5. The van der Waals surface area contributed by atoms with Crippen molar-refractivity contribution in [2.45, 2.75) is 46.0 Å². The minimum absolute atomic E-state index is 0.0109. The molecule has 8 nitrogen and oxygen atoms in total. The zero-order valence-corrected chi connectivity index (χ0v) is 19.6. The number of carbonyl (C=O) groups is 2. The molecular formula is C25H31N5O3. The van der Waals surface area contributed by atoms with E-state index in [-0.39, 0.29) is 11.8 Å². The van der Waals surface area contributed by atoms with Crippen LogP contribution in [0.25, 0.3) is 16.9 Å². The number of nitrogens with zero attached hydrogens (tertiary/aromatic N) is 4. The summed E-state index contributed by atoms with van der Waals surface area (Å²) in [5, 5.41) is 7.74. The number of likely N-dealkylation sites (tertiary alicyclic amines) is 1. The molecule has 0 saturated carbocycles. The molecule has 2 amide bonds. The van der Waals surface area contributed by atoms with E-state index in [1.165, 1.54) is 0 Å². The van der Waals surface area contributed by atoms with Gasteiger partial charge >= 0.3 is 0 Å². The van der Waals surface area contributed by atoms with Gasteiger partial charge in [0.15, 0.2) is 5.65 Å². The highest BCUT2D eigenvalue weighted by atomic mass is 16.5. The lowest BCUT2D eigenvalue weighted by molar-refractivity contribution is -0.127. The molecule has 0 atom stereocenters. The number of aryl methyl sites for hydroxylation is 2. The average Bonchev–Trinajstić information content (AvgIpc) is 3.42. The van der Waals surface area contributed by atoms with Gasteiger partial charge in [-0.2, -0.15) is 5.10 Å². The highest BCUT2D eigenvalue weighted by Crippen LogP contribution is 2.30. The Morgan fingerprint density at radius 2 is 2.06 bits per heavy atom. The van der Waals surface area contributed by atoms with Crippen LogP contribution >= 0.6 is 0 Å². The summed E-state index contributed by atoms with van der Waals surface area (Å²) < 4.78 is 7.32. The molecule has 0 spiro atoms. The molecule has 0 bridgehead atoms. The van der Waals surface area contributed by atoms with Crippen LogP contribution in [0.15, 0.2) is 30.3 Å². The van der Waals surface area contributed by atoms with Gasteiger partial charge in [-0.05, 0) is 50.8 Å². The summed E-state index contributed by atoms with van der Waals surface area (Å²) in [5.74, 6) is 1.00. The van der Waals surface area contributed by atoms with Gasteiger partial charge in [-0.15, -0.1) is 0 Å². The van der Waals surface area contributed by atoms with Crippen molar-refractivity contribution in [3.63, 3.8) is 0 Å². The predicted molar refractivity (Wildman–Crippen MR) is 126 cm³/mol. The van der Waals surface area contributed by atoms with Crippen LogP contribution in [-0.4, -0.2) is 58.1 Å². The van der Waals surface area contributed by atoms with Gasteiger partial charge in [-0.3, -0.25) is 9.59 Å². The molecule has 1 fully saturated rings. The summed E-state index contributed by atoms with van der Waals surface area (Å²) in [6, 6.07) is 9.74. The van der Waals surface area contributed by atoms with Crippen LogP contribution in [0, 0.1) is 13.8 Å². The first kappa shape index (κ1) is 22.8. The summed E-state index contributed by atoms with van der Waals surface area (Å²) in [5.41, 5.74) is 5.42. The van der Waals surface area contributed by atoms with E-state index in [1.807, 2.05) is 53.6 Å². The van der Waals surface area contributed by atoms with Gasteiger partial charge in [0.25, 0.3) is 0 Å². The fourth-order valence-electron chi connectivity index (χ4n) is 4.44. The summed E-state index contributed by atoms with van der Waals surface area (Å²) >= 11 is 0. The van der Waals surface area contributed by atoms with Gasteiger partial charge in [0.05, 0.1) is 12.8 Å². The topological polar surface area (TPSA) is 88.8 Å². The van der Waals surface area contributed by atoms with Gasteiger partial charge in [0, 0.05) is 55.5 Å². The standard InChI is InChI=1S/C25H31N5O3/c1-17-19(11-12-24(31)26-13-7-15-29-14-6-10-25(29)32)18(2)30-23(27-17)16-21(28-30)20-8-4-5-9-22(20)33-3/h4-5,8-9,16H,6-7,10-15H2,1-3H3,(H,26,31). The Kier molecular flexibility index (Phi) is 6.91. The second-order valence-corrected chi connectivity index (χ2v) is 8.45. The number of fused-ring (bicyclic) bond motifs is 1. The number of rotatable bonds is 9. The Morgan fingerprint density at radius 1 is 1.24 bits per heavy atom. The van der Waals surface area contributed by atoms with Crippen LogP contribution in [0.3, 0.4) is 0 Å². The Labute approximate surface area is 193 Å². The van der Waals surface area contributed by atoms with Crippen LogP contribution in [0.2, 0.25) is 0 Å². The zero-order valence-electron chi connectivity index (χ0n) is 19.6. The van der Waals surface area contributed by atoms with E-state index < -0.39 is 0 Å². The van der Waals surface area contributed by atoms with E-state index >= 15 is 0 Å². The molecule has 8 heteroatoms. The Hall–Kier alpha value is -3.42. The van der Waals surface area contributed by atoms with E-state index in [0.717, 1.165) is 59.0 Å². The molecule has 0 unspecified atom stereocenters. The predicted octanol–water partition coefficient (Wildman–Crippen LogP) is 3.08. The van der Waals surface area contributed by atoms with Gasteiger partial charge in [-0.1, -0.05) is 12.1 Å². The van der Waals surface area contributed by atoms with Crippen molar-refractivity contribution in [1.29, 1.82) is 0 Å².